The fraction of sp³-hybridized carbons (Fsp3) is 0.211. The van der Waals surface area contributed by atoms with Crippen LogP contribution < -0.4 is 14.2 Å². The molecule has 0 bridgehead atoms. The first-order chi connectivity index (χ1) is 12.8. The summed E-state index contributed by atoms with van der Waals surface area (Å²) < 4.78 is 43.8. The highest BCUT2D eigenvalue weighted by atomic mass is 32.2. The second kappa shape index (κ2) is 7.32. The molecule has 142 valence electrons. The number of aromatic nitrogens is 1. The molecule has 0 saturated heterocycles. The van der Waals surface area contributed by atoms with Gasteiger partial charge in [0, 0.05) is 17.7 Å². The van der Waals surface area contributed by atoms with Crippen LogP contribution in [0, 0.1) is 13.8 Å². The van der Waals surface area contributed by atoms with Crippen LogP contribution in [0.4, 0.5) is 5.69 Å². The van der Waals surface area contributed by atoms with Crippen LogP contribution in [0.3, 0.4) is 0 Å². The first-order valence-corrected chi connectivity index (χ1v) is 9.61. The lowest BCUT2D eigenvalue weighted by Crippen LogP contribution is -2.14. The van der Waals surface area contributed by atoms with Crippen LogP contribution in [0.15, 0.2) is 51.9 Å². The summed E-state index contributed by atoms with van der Waals surface area (Å²) in [6.45, 7) is 3.56. The molecule has 0 aliphatic heterocycles. The second-order valence-electron chi connectivity index (χ2n) is 5.99. The van der Waals surface area contributed by atoms with Crippen molar-refractivity contribution >= 4 is 15.7 Å². The Labute approximate surface area is 158 Å². The van der Waals surface area contributed by atoms with Crippen LogP contribution in [0.25, 0.3) is 11.3 Å². The Bertz CT molecular complexity index is 1070. The van der Waals surface area contributed by atoms with E-state index in [9.17, 15) is 8.42 Å². The molecular formula is C19H20N2O5S. The molecule has 3 rings (SSSR count). The number of methoxy groups -OCH3 is 2. The van der Waals surface area contributed by atoms with Gasteiger partial charge in [-0.1, -0.05) is 5.16 Å². The monoisotopic (exact) mass is 388 g/mol. The molecule has 0 amide bonds. The van der Waals surface area contributed by atoms with E-state index in [1.54, 1.807) is 49.4 Å². The number of benzene rings is 2. The van der Waals surface area contributed by atoms with Gasteiger partial charge in [0.05, 0.1) is 30.5 Å². The van der Waals surface area contributed by atoms with E-state index in [0.717, 1.165) is 11.3 Å². The van der Waals surface area contributed by atoms with Gasteiger partial charge in [0.2, 0.25) is 0 Å². The van der Waals surface area contributed by atoms with E-state index in [1.807, 2.05) is 6.92 Å². The number of hydrogen-bond donors (Lipinski definition) is 1. The third-order valence-electron chi connectivity index (χ3n) is 4.01. The molecule has 0 unspecified atom stereocenters. The maximum Gasteiger partial charge on any atom is 0.262 e. The lowest BCUT2D eigenvalue weighted by molar-refractivity contribution is 0.355. The van der Waals surface area contributed by atoms with Crippen molar-refractivity contribution in [2.24, 2.45) is 0 Å². The summed E-state index contributed by atoms with van der Waals surface area (Å²) >= 11 is 0. The molecule has 0 radical (unpaired) electrons. The van der Waals surface area contributed by atoms with Gasteiger partial charge in [0.25, 0.3) is 10.0 Å². The van der Waals surface area contributed by atoms with Gasteiger partial charge in [0.1, 0.15) is 0 Å². The first kappa shape index (κ1) is 18.8. The van der Waals surface area contributed by atoms with Crippen molar-refractivity contribution in [3.8, 4) is 22.8 Å². The molecule has 8 heteroatoms. The molecule has 1 N–H and O–H groups in total. The Morgan fingerprint density at radius 1 is 0.963 bits per heavy atom. The summed E-state index contributed by atoms with van der Waals surface area (Å²) in [5.74, 6) is 1.54. The third-order valence-corrected chi connectivity index (χ3v) is 5.55. The first-order valence-electron chi connectivity index (χ1n) is 8.13. The highest BCUT2D eigenvalue weighted by Gasteiger charge is 2.19. The van der Waals surface area contributed by atoms with Crippen LogP contribution in [0.1, 0.15) is 11.3 Å². The summed E-state index contributed by atoms with van der Waals surface area (Å²) in [4.78, 5) is 0.178. The van der Waals surface area contributed by atoms with Crippen molar-refractivity contribution in [2.45, 2.75) is 18.7 Å². The van der Waals surface area contributed by atoms with Crippen molar-refractivity contribution in [1.82, 2.24) is 5.16 Å². The van der Waals surface area contributed by atoms with E-state index in [1.165, 1.54) is 14.2 Å². The minimum atomic E-state index is -3.77. The van der Waals surface area contributed by atoms with E-state index in [4.69, 9.17) is 14.0 Å². The van der Waals surface area contributed by atoms with E-state index in [-0.39, 0.29) is 4.90 Å². The van der Waals surface area contributed by atoms with Gasteiger partial charge in [-0.2, -0.15) is 0 Å². The van der Waals surface area contributed by atoms with Gasteiger partial charge in [0.15, 0.2) is 17.3 Å². The highest BCUT2D eigenvalue weighted by molar-refractivity contribution is 7.92. The quantitative estimate of drug-likeness (QED) is 0.691. The van der Waals surface area contributed by atoms with Crippen molar-refractivity contribution in [3.63, 3.8) is 0 Å². The van der Waals surface area contributed by atoms with Crippen LogP contribution in [-0.4, -0.2) is 27.8 Å². The zero-order chi connectivity index (χ0) is 19.6. The zero-order valence-corrected chi connectivity index (χ0v) is 16.3. The molecule has 1 aromatic heterocycles. The molecule has 0 saturated carbocycles. The van der Waals surface area contributed by atoms with Crippen molar-refractivity contribution in [3.05, 3.63) is 53.7 Å². The molecular weight excluding hydrogens is 368 g/mol. The number of aryl methyl sites for hydroxylation is 2. The van der Waals surface area contributed by atoms with Crippen molar-refractivity contribution in [2.75, 3.05) is 18.9 Å². The average Bonchev–Trinajstić information content (AvgIpc) is 3.07. The molecule has 2 aromatic carbocycles. The maximum absolute atomic E-state index is 12.8. The van der Waals surface area contributed by atoms with E-state index in [2.05, 4.69) is 9.88 Å². The number of nitrogens with zero attached hydrogens (tertiary/aromatic N) is 1. The zero-order valence-electron chi connectivity index (χ0n) is 15.4. The molecule has 3 aromatic rings. The summed E-state index contributed by atoms with van der Waals surface area (Å²) in [5, 5.41) is 3.85. The number of ether oxygens (including phenoxy) is 2. The predicted octanol–water partition coefficient (Wildman–Crippen LogP) is 3.78. The van der Waals surface area contributed by atoms with Gasteiger partial charge in [-0.25, -0.2) is 8.42 Å². The summed E-state index contributed by atoms with van der Waals surface area (Å²) in [6, 6.07) is 11.6. The molecule has 0 spiro atoms. The van der Waals surface area contributed by atoms with Gasteiger partial charge >= 0.3 is 0 Å². The Balaban J connectivity index is 1.91. The highest BCUT2D eigenvalue weighted by Crippen LogP contribution is 2.31. The molecule has 0 atom stereocenters. The topological polar surface area (TPSA) is 90.7 Å². The molecule has 0 aliphatic carbocycles. The molecule has 27 heavy (non-hydrogen) atoms. The third kappa shape index (κ3) is 3.90. The summed E-state index contributed by atoms with van der Waals surface area (Å²) in [5.41, 5.74) is 2.49. The van der Waals surface area contributed by atoms with Crippen molar-refractivity contribution < 1.29 is 22.4 Å². The fourth-order valence-electron chi connectivity index (χ4n) is 2.71. The van der Waals surface area contributed by atoms with Gasteiger partial charge in [-0.15, -0.1) is 0 Å². The minimum Gasteiger partial charge on any atom is -0.493 e. The van der Waals surface area contributed by atoms with E-state index >= 15 is 0 Å². The number of hydrogen-bond acceptors (Lipinski definition) is 6. The predicted molar refractivity (Wildman–Crippen MR) is 102 cm³/mol. The Morgan fingerprint density at radius 2 is 1.70 bits per heavy atom. The lowest BCUT2D eigenvalue weighted by Gasteiger charge is -2.13. The number of nitrogens with one attached hydrogen (secondary N) is 1. The number of anilines is 1. The smallest absolute Gasteiger partial charge is 0.262 e. The summed E-state index contributed by atoms with van der Waals surface area (Å²) in [6.07, 6.45) is 0. The normalized spacial score (nSPS) is 11.3. The van der Waals surface area contributed by atoms with Gasteiger partial charge in [-0.3, -0.25) is 4.72 Å². The summed E-state index contributed by atoms with van der Waals surface area (Å²) in [7, 11) is -0.768. The lowest BCUT2D eigenvalue weighted by atomic mass is 10.1. The SMILES string of the molecule is COc1ccc(NS(=O)(=O)c2ccc(-c3cc(C)no3)cc2C)cc1OC. The minimum absolute atomic E-state index is 0.178. The largest absolute Gasteiger partial charge is 0.493 e. The average molecular weight is 388 g/mol. The van der Waals surface area contributed by atoms with Crippen LogP contribution in [0.5, 0.6) is 11.5 Å². The second-order valence-corrected chi connectivity index (χ2v) is 7.64. The number of rotatable bonds is 6. The van der Waals surface area contributed by atoms with E-state index < -0.39 is 10.0 Å². The van der Waals surface area contributed by atoms with Crippen molar-refractivity contribution in [1.29, 1.82) is 0 Å². The fourth-order valence-corrected chi connectivity index (χ4v) is 3.99. The van der Waals surface area contributed by atoms with Gasteiger partial charge < -0.3 is 14.0 Å². The molecule has 0 aliphatic rings. The van der Waals surface area contributed by atoms with Gasteiger partial charge in [-0.05, 0) is 49.7 Å². The Hall–Kier alpha value is -3.00. The standard InChI is InChI=1S/C19H20N2O5S/c1-12-9-14(17-10-13(2)20-26-17)5-8-19(12)27(22,23)21-15-6-7-16(24-3)18(11-15)25-4/h5-11,21H,1-4H3. The Kier molecular flexibility index (Phi) is 5.09. The Morgan fingerprint density at radius 3 is 2.30 bits per heavy atom. The van der Waals surface area contributed by atoms with Crippen LogP contribution >= 0.6 is 0 Å². The molecule has 7 nitrogen and oxygen atoms in total. The van der Waals surface area contributed by atoms with Crippen LogP contribution in [-0.2, 0) is 10.0 Å². The molecule has 1 heterocycles. The molecule has 0 fully saturated rings. The van der Waals surface area contributed by atoms with Crippen LogP contribution in [0.2, 0.25) is 0 Å². The maximum atomic E-state index is 12.8. The number of sulfonamides is 1. The van der Waals surface area contributed by atoms with E-state index in [0.29, 0.717) is 28.5 Å².